The van der Waals surface area contributed by atoms with Gasteiger partial charge < -0.3 is 4.74 Å². The van der Waals surface area contributed by atoms with Crippen molar-refractivity contribution in [2.24, 2.45) is 11.8 Å². The molecule has 5 rings (SSSR count). The molecule has 4 heterocycles. The predicted molar refractivity (Wildman–Crippen MR) is 94.4 cm³/mol. The van der Waals surface area contributed by atoms with Crippen molar-refractivity contribution in [2.45, 2.75) is 18.9 Å². The number of hydrogen-bond donors (Lipinski definition) is 0. The quantitative estimate of drug-likeness (QED) is 0.640. The van der Waals surface area contributed by atoms with E-state index in [1.54, 1.807) is 13.3 Å². The van der Waals surface area contributed by atoms with Crippen molar-refractivity contribution in [1.29, 1.82) is 0 Å². The van der Waals surface area contributed by atoms with Gasteiger partial charge >= 0.3 is 0 Å². The van der Waals surface area contributed by atoms with E-state index in [2.05, 4.69) is 22.5 Å². The number of methoxy groups -OCH3 is 1. The molecule has 0 amide bonds. The van der Waals surface area contributed by atoms with Gasteiger partial charge in [0.1, 0.15) is 5.75 Å². The molecule has 0 radical (unpaired) electrons. The van der Waals surface area contributed by atoms with Gasteiger partial charge in [0.2, 0.25) is 0 Å². The summed E-state index contributed by atoms with van der Waals surface area (Å²) in [5, 5.41) is 0.879. The number of ether oxygens (including phenoxy) is 1. The molecule has 2 aromatic rings. The lowest BCUT2D eigenvalue weighted by Crippen LogP contribution is -2.55. The molecule has 1 aromatic heterocycles. The molecule has 0 spiro atoms. The Morgan fingerprint density at radius 2 is 2.29 bits per heavy atom. The van der Waals surface area contributed by atoms with Crippen molar-refractivity contribution in [2.75, 3.05) is 20.2 Å². The Hall–Kier alpha value is -2.20. The zero-order chi connectivity index (χ0) is 16.7. The van der Waals surface area contributed by atoms with Crippen molar-refractivity contribution >= 4 is 16.7 Å². The van der Waals surface area contributed by atoms with E-state index in [1.807, 2.05) is 24.3 Å². The highest BCUT2D eigenvalue weighted by Crippen LogP contribution is 2.38. The Bertz CT molecular complexity index is 801. The molecule has 3 aliphatic rings. The van der Waals surface area contributed by atoms with E-state index in [1.165, 1.54) is 6.42 Å². The van der Waals surface area contributed by atoms with Gasteiger partial charge in [0, 0.05) is 23.7 Å². The number of piperidine rings is 3. The van der Waals surface area contributed by atoms with E-state index >= 15 is 0 Å². The van der Waals surface area contributed by atoms with E-state index in [4.69, 9.17) is 4.74 Å². The number of pyridine rings is 1. The highest BCUT2D eigenvalue weighted by molar-refractivity contribution is 6.10. The van der Waals surface area contributed by atoms with Gasteiger partial charge in [-0.3, -0.25) is 14.7 Å². The number of carbonyl (C=O) groups is 1. The Morgan fingerprint density at radius 1 is 1.42 bits per heavy atom. The SMILES string of the molecule is C=C[C@@H]1CN2CC[C@H]1C[C@H]2C(=O)c1ccnc2ccc(OC)cc12. The maximum absolute atomic E-state index is 13.3. The first kappa shape index (κ1) is 15.3. The molecular formula is C20H22N2O2. The summed E-state index contributed by atoms with van der Waals surface area (Å²) in [6, 6.07) is 7.53. The Balaban J connectivity index is 1.70. The third-order valence-electron chi connectivity index (χ3n) is 5.62. The van der Waals surface area contributed by atoms with E-state index in [0.717, 1.165) is 41.7 Å². The molecule has 0 aliphatic carbocycles. The van der Waals surface area contributed by atoms with Gasteiger partial charge in [0.05, 0.1) is 18.7 Å². The predicted octanol–water partition coefficient (Wildman–Crippen LogP) is 3.32. The van der Waals surface area contributed by atoms with E-state index < -0.39 is 0 Å². The first-order chi connectivity index (χ1) is 11.7. The van der Waals surface area contributed by atoms with Crippen LogP contribution in [-0.4, -0.2) is 41.9 Å². The van der Waals surface area contributed by atoms with E-state index in [-0.39, 0.29) is 11.8 Å². The second-order valence-corrected chi connectivity index (χ2v) is 6.80. The fraction of sp³-hybridized carbons (Fsp3) is 0.400. The normalized spacial score (nSPS) is 28.7. The smallest absolute Gasteiger partial charge is 0.180 e. The van der Waals surface area contributed by atoms with Gasteiger partial charge in [0.15, 0.2) is 5.78 Å². The average Bonchev–Trinajstić information content (AvgIpc) is 2.66. The molecule has 0 saturated carbocycles. The number of carbonyl (C=O) groups excluding carboxylic acids is 1. The van der Waals surface area contributed by atoms with E-state index in [9.17, 15) is 4.79 Å². The Labute approximate surface area is 142 Å². The number of benzene rings is 1. The number of fused-ring (bicyclic) bond motifs is 4. The number of rotatable bonds is 4. The topological polar surface area (TPSA) is 42.4 Å². The van der Waals surface area contributed by atoms with Crippen LogP contribution in [0.25, 0.3) is 10.9 Å². The molecule has 124 valence electrons. The van der Waals surface area contributed by atoms with Crippen molar-refractivity contribution in [1.82, 2.24) is 9.88 Å². The second-order valence-electron chi connectivity index (χ2n) is 6.80. The van der Waals surface area contributed by atoms with Gasteiger partial charge in [-0.05, 0) is 55.5 Å². The van der Waals surface area contributed by atoms with Crippen LogP contribution < -0.4 is 4.74 Å². The minimum atomic E-state index is -0.0169. The van der Waals surface area contributed by atoms with Crippen molar-refractivity contribution in [3.8, 4) is 5.75 Å². The van der Waals surface area contributed by atoms with E-state index in [0.29, 0.717) is 11.8 Å². The summed E-state index contributed by atoms with van der Waals surface area (Å²) in [5.41, 5.74) is 1.59. The molecule has 4 nitrogen and oxygen atoms in total. The fourth-order valence-electron chi connectivity index (χ4n) is 4.25. The van der Waals surface area contributed by atoms with Gasteiger partial charge in [-0.25, -0.2) is 0 Å². The summed E-state index contributed by atoms with van der Waals surface area (Å²) in [6.07, 6.45) is 5.89. The lowest BCUT2D eigenvalue weighted by molar-refractivity contribution is 0.0205. The summed E-state index contributed by atoms with van der Waals surface area (Å²) in [5.74, 6) is 2.07. The lowest BCUT2D eigenvalue weighted by Gasteiger charge is -2.48. The van der Waals surface area contributed by atoms with Crippen LogP contribution in [0.2, 0.25) is 0 Å². The van der Waals surface area contributed by atoms with Crippen molar-refractivity contribution in [3.63, 3.8) is 0 Å². The summed E-state index contributed by atoms with van der Waals surface area (Å²) < 4.78 is 5.32. The maximum Gasteiger partial charge on any atom is 0.180 e. The third-order valence-corrected chi connectivity index (χ3v) is 5.62. The molecular weight excluding hydrogens is 300 g/mol. The van der Waals surface area contributed by atoms with Crippen LogP contribution in [0.5, 0.6) is 5.75 Å². The zero-order valence-corrected chi connectivity index (χ0v) is 13.9. The molecule has 0 N–H and O–H groups in total. The van der Waals surface area contributed by atoms with Gasteiger partial charge in [-0.1, -0.05) is 6.08 Å². The summed E-state index contributed by atoms with van der Waals surface area (Å²) >= 11 is 0. The molecule has 3 saturated heterocycles. The number of aromatic nitrogens is 1. The van der Waals surface area contributed by atoms with Crippen LogP contribution in [0, 0.1) is 11.8 Å². The molecule has 2 bridgehead atoms. The minimum absolute atomic E-state index is 0.0169. The molecule has 3 aliphatic heterocycles. The molecule has 24 heavy (non-hydrogen) atoms. The summed E-state index contributed by atoms with van der Waals surface area (Å²) in [7, 11) is 1.64. The Morgan fingerprint density at radius 3 is 3.00 bits per heavy atom. The first-order valence-corrected chi connectivity index (χ1v) is 8.55. The van der Waals surface area contributed by atoms with Crippen LogP contribution in [0.1, 0.15) is 23.2 Å². The largest absolute Gasteiger partial charge is 0.497 e. The third kappa shape index (κ3) is 2.42. The van der Waals surface area contributed by atoms with Crippen LogP contribution in [0.4, 0.5) is 0 Å². The molecule has 3 fully saturated rings. The van der Waals surface area contributed by atoms with Crippen LogP contribution in [-0.2, 0) is 0 Å². The second kappa shape index (κ2) is 6.02. The molecule has 1 unspecified atom stereocenters. The van der Waals surface area contributed by atoms with Gasteiger partial charge in [-0.2, -0.15) is 0 Å². The van der Waals surface area contributed by atoms with Crippen LogP contribution >= 0.6 is 0 Å². The minimum Gasteiger partial charge on any atom is -0.497 e. The highest BCUT2D eigenvalue weighted by Gasteiger charge is 2.42. The number of Topliss-reactive ketones (excluding diaryl/α,β-unsaturated/α-hetero) is 1. The van der Waals surface area contributed by atoms with Crippen molar-refractivity contribution in [3.05, 3.63) is 48.7 Å². The number of hydrogen-bond acceptors (Lipinski definition) is 4. The Kier molecular flexibility index (Phi) is 3.85. The lowest BCUT2D eigenvalue weighted by atomic mass is 9.74. The molecule has 1 aromatic carbocycles. The maximum atomic E-state index is 13.3. The fourth-order valence-corrected chi connectivity index (χ4v) is 4.25. The highest BCUT2D eigenvalue weighted by atomic mass is 16.5. The number of nitrogens with zero attached hydrogens (tertiary/aromatic N) is 2. The first-order valence-electron chi connectivity index (χ1n) is 8.55. The van der Waals surface area contributed by atoms with Crippen LogP contribution in [0.15, 0.2) is 43.1 Å². The summed E-state index contributed by atoms with van der Waals surface area (Å²) in [4.78, 5) is 20.0. The van der Waals surface area contributed by atoms with Gasteiger partial charge in [-0.15, -0.1) is 6.58 Å². The zero-order valence-electron chi connectivity index (χ0n) is 13.9. The molecule has 4 atom stereocenters. The average molecular weight is 322 g/mol. The number of ketones is 1. The van der Waals surface area contributed by atoms with Gasteiger partial charge in [0.25, 0.3) is 0 Å². The van der Waals surface area contributed by atoms with Crippen molar-refractivity contribution < 1.29 is 9.53 Å². The van der Waals surface area contributed by atoms with Crippen LogP contribution in [0.3, 0.4) is 0 Å². The standard InChI is InChI=1S/C20H22N2O2/c1-3-13-12-22-9-7-14(13)10-19(22)20(23)16-6-8-21-18-5-4-15(24-2)11-17(16)18/h3-6,8,11,13-14,19H,1,7,9-10,12H2,2H3/t13-,14+,19+/m1/s1. The summed E-state index contributed by atoms with van der Waals surface area (Å²) in [6.45, 7) is 5.92. The monoisotopic (exact) mass is 322 g/mol. The molecule has 4 heteroatoms.